The lowest BCUT2D eigenvalue weighted by atomic mass is 10.1. The van der Waals surface area contributed by atoms with E-state index in [1.54, 1.807) is 7.11 Å². The van der Waals surface area contributed by atoms with Gasteiger partial charge in [-0.05, 0) is 42.9 Å². The molecule has 0 saturated carbocycles. The van der Waals surface area contributed by atoms with Gasteiger partial charge in [0.2, 0.25) is 0 Å². The van der Waals surface area contributed by atoms with Crippen molar-refractivity contribution in [3.63, 3.8) is 0 Å². The van der Waals surface area contributed by atoms with Gasteiger partial charge in [0, 0.05) is 57.3 Å². The molecule has 0 aliphatic carbocycles. The molecule has 1 N–H and O–H groups in total. The Kier molecular flexibility index (Phi) is 8.94. The molecule has 0 radical (unpaired) electrons. The minimum absolute atomic E-state index is 0.251. The van der Waals surface area contributed by atoms with Crippen LogP contribution in [0.5, 0.6) is 11.5 Å². The maximum Gasteiger partial charge on any atom is 0.161 e. The molecule has 170 valence electrons. The highest BCUT2D eigenvalue weighted by Crippen LogP contribution is 2.29. The number of anilines is 1. The van der Waals surface area contributed by atoms with Crippen LogP contribution in [0, 0.1) is 0 Å². The quantitative estimate of drug-likeness (QED) is 0.590. The van der Waals surface area contributed by atoms with E-state index in [1.807, 2.05) is 24.5 Å². The van der Waals surface area contributed by atoms with Crippen molar-refractivity contribution in [3.8, 4) is 11.5 Å². The van der Waals surface area contributed by atoms with E-state index in [4.69, 9.17) is 9.47 Å². The number of aliphatic hydroxyl groups is 1. The summed E-state index contributed by atoms with van der Waals surface area (Å²) < 4.78 is 11.4. The summed E-state index contributed by atoms with van der Waals surface area (Å²) in [4.78, 5) is 11.2. The average molecular weight is 429 g/mol. The van der Waals surface area contributed by atoms with Gasteiger partial charge < -0.3 is 24.4 Å². The predicted octanol–water partition coefficient (Wildman–Crippen LogP) is 2.49. The fourth-order valence-corrected chi connectivity index (χ4v) is 3.93. The number of hydrogen-bond acceptors (Lipinski definition) is 7. The summed E-state index contributed by atoms with van der Waals surface area (Å²) in [5.74, 6) is 1.38. The number of pyridine rings is 1. The van der Waals surface area contributed by atoms with E-state index >= 15 is 0 Å². The molecule has 1 aromatic heterocycles. The Morgan fingerprint density at radius 3 is 2.39 bits per heavy atom. The number of benzene rings is 1. The summed E-state index contributed by atoms with van der Waals surface area (Å²) >= 11 is 0. The van der Waals surface area contributed by atoms with Crippen LogP contribution in [-0.2, 0) is 6.54 Å². The SMILES string of the molecule is CCN(CC)C[C@H](O)COc1cc(CN2CCN(c3ccncc3)CC2)ccc1OC. The standard InChI is InChI=1S/C24H36N4O3/c1-4-26(5-2)18-22(29)19-31-24-16-20(6-7-23(24)30-3)17-27-12-14-28(15-13-27)21-8-10-25-11-9-21/h6-11,16,22,29H,4-5,12-15,17-19H2,1-3H3/t22-/m0/s1. The van der Waals surface area contributed by atoms with Crippen molar-refractivity contribution in [2.75, 3.05) is 64.4 Å². The van der Waals surface area contributed by atoms with Gasteiger partial charge in [-0.1, -0.05) is 19.9 Å². The highest BCUT2D eigenvalue weighted by Gasteiger charge is 2.18. The zero-order valence-corrected chi connectivity index (χ0v) is 19.0. The molecule has 1 aromatic carbocycles. The van der Waals surface area contributed by atoms with Crippen molar-refractivity contribution in [2.24, 2.45) is 0 Å². The molecule has 1 aliphatic heterocycles. The maximum atomic E-state index is 10.3. The summed E-state index contributed by atoms with van der Waals surface area (Å²) in [5, 5.41) is 10.3. The normalized spacial score (nSPS) is 15.8. The fraction of sp³-hybridized carbons (Fsp3) is 0.542. The van der Waals surface area contributed by atoms with Crippen molar-refractivity contribution in [1.29, 1.82) is 0 Å². The Labute approximate surface area is 186 Å². The number of nitrogens with zero attached hydrogens (tertiary/aromatic N) is 4. The van der Waals surface area contributed by atoms with Crippen LogP contribution in [0.25, 0.3) is 0 Å². The molecule has 7 heteroatoms. The topological polar surface area (TPSA) is 61.3 Å². The molecule has 1 fully saturated rings. The van der Waals surface area contributed by atoms with Gasteiger partial charge in [0.05, 0.1) is 7.11 Å². The number of methoxy groups -OCH3 is 1. The van der Waals surface area contributed by atoms with E-state index < -0.39 is 6.10 Å². The molecule has 1 atom stereocenters. The number of aromatic nitrogens is 1. The van der Waals surface area contributed by atoms with E-state index in [0.29, 0.717) is 18.0 Å². The van der Waals surface area contributed by atoms with Crippen molar-refractivity contribution in [3.05, 3.63) is 48.3 Å². The first-order valence-corrected chi connectivity index (χ1v) is 11.2. The Bertz CT molecular complexity index is 778. The smallest absolute Gasteiger partial charge is 0.161 e. The summed E-state index contributed by atoms with van der Waals surface area (Å²) in [6.45, 7) is 11.8. The number of aliphatic hydroxyl groups excluding tert-OH is 1. The first kappa shape index (κ1) is 23.3. The third-order valence-electron chi connectivity index (χ3n) is 5.83. The van der Waals surface area contributed by atoms with Gasteiger partial charge >= 0.3 is 0 Å². The molecule has 7 nitrogen and oxygen atoms in total. The molecular formula is C24H36N4O3. The lowest BCUT2D eigenvalue weighted by molar-refractivity contribution is 0.0705. The molecular weight excluding hydrogens is 392 g/mol. The first-order chi connectivity index (χ1) is 15.1. The van der Waals surface area contributed by atoms with Crippen molar-refractivity contribution >= 4 is 5.69 Å². The molecule has 1 aliphatic rings. The van der Waals surface area contributed by atoms with E-state index in [2.05, 4.69) is 51.7 Å². The zero-order valence-electron chi connectivity index (χ0n) is 19.0. The van der Waals surface area contributed by atoms with E-state index in [1.165, 1.54) is 11.3 Å². The highest BCUT2D eigenvalue weighted by molar-refractivity contribution is 5.45. The van der Waals surface area contributed by atoms with Gasteiger partial charge in [-0.15, -0.1) is 0 Å². The largest absolute Gasteiger partial charge is 0.493 e. The molecule has 0 spiro atoms. The second kappa shape index (κ2) is 11.9. The third kappa shape index (κ3) is 6.82. The number of hydrogen-bond donors (Lipinski definition) is 1. The number of piperazine rings is 1. The minimum Gasteiger partial charge on any atom is -0.493 e. The van der Waals surface area contributed by atoms with Crippen LogP contribution in [0.2, 0.25) is 0 Å². The molecule has 2 heterocycles. The van der Waals surface area contributed by atoms with Crippen LogP contribution in [0.4, 0.5) is 5.69 Å². The molecule has 0 unspecified atom stereocenters. The van der Waals surface area contributed by atoms with Crippen molar-refractivity contribution in [2.45, 2.75) is 26.5 Å². The summed E-state index contributed by atoms with van der Waals surface area (Å²) in [6.07, 6.45) is 3.16. The van der Waals surface area contributed by atoms with Crippen LogP contribution in [-0.4, -0.2) is 85.5 Å². The van der Waals surface area contributed by atoms with Crippen LogP contribution in [0.1, 0.15) is 19.4 Å². The monoisotopic (exact) mass is 428 g/mol. The second-order valence-corrected chi connectivity index (χ2v) is 7.90. The minimum atomic E-state index is -0.533. The molecule has 31 heavy (non-hydrogen) atoms. The van der Waals surface area contributed by atoms with Gasteiger partial charge in [-0.2, -0.15) is 0 Å². The van der Waals surface area contributed by atoms with Gasteiger partial charge in [0.25, 0.3) is 0 Å². The van der Waals surface area contributed by atoms with Crippen molar-refractivity contribution < 1.29 is 14.6 Å². The van der Waals surface area contributed by atoms with Crippen molar-refractivity contribution in [1.82, 2.24) is 14.8 Å². The van der Waals surface area contributed by atoms with Gasteiger partial charge in [-0.25, -0.2) is 0 Å². The van der Waals surface area contributed by atoms with Crippen LogP contribution < -0.4 is 14.4 Å². The van der Waals surface area contributed by atoms with E-state index in [9.17, 15) is 5.11 Å². The fourth-order valence-electron chi connectivity index (χ4n) is 3.93. The lowest BCUT2D eigenvalue weighted by Gasteiger charge is -2.36. The lowest BCUT2D eigenvalue weighted by Crippen LogP contribution is -2.45. The van der Waals surface area contributed by atoms with Crippen LogP contribution >= 0.6 is 0 Å². The molecule has 3 rings (SSSR count). The van der Waals surface area contributed by atoms with Crippen LogP contribution in [0.15, 0.2) is 42.7 Å². The molecule has 1 saturated heterocycles. The van der Waals surface area contributed by atoms with E-state index in [-0.39, 0.29) is 6.61 Å². The molecule has 0 amide bonds. The highest BCUT2D eigenvalue weighted by atomic mass is 16.5. The number of likely N-dealkylation sites (N-methyl/N-ethyl adjacent to an activating group) is 1. The Morgan fingerprint density at radius 1 is 1.03 bits per heavy atom. The summed E-state index contributed by atoms with van der Waals surface area (Å²) in [6, 6.07) is 10.2. The summed E-state index contributed by atoms with van der Waals surface area (Å²) in [7, 11) is 1.65. The maximum absolute atomic E-state index is 10.3. The predicted molar refractivity (Wildman–Crippen MR) is 124 cm³/mol. The Morgan fingerprint density at radius 2 is 1.74 bits per heavy atom. The van der Waals surface area contributed by atoms with Gasteiger partial charge in [0.1, 0.15) is 12.7 Å². The first-order valence-electron chi connectivity index (χ1n) is 11.2. The average Bonchev–Trinajstić information content (AvgIpc) is 2.82. The Balaban J connectivity index is 1.54. The summed E-state index contributed by atoms with van der Waals surface area (Å²) in [5.41, 5.74) is 2.42. The van der Waals surface area contributed by atoms with Crippen LogP contribution in [0.3, 0.4) is 0 Å². The second-order valence-electron chi connectivity index (χ2n) is 7.90. The number of ether oxygens (including phenoxy) is 2. The third-order valence-corrected chi connectivity index (χ3v) is 5.83. The van der Waals surface area contributed by atoms with Gasteiger partial charge in [-0.3, -0.25) is 9.88 Å². The molecule has 0 bridgehead atoms. The zero-order chi connectivity index (χ0) is 22.1. The van der Waals surface area contributed by atoms with E-state index in [0.717, 1.165) is 45.8 Å². The molecule has 2 aromatic rings. The van der Waals surface area contributed by atoms with Gasteiger partial charge in [0.15, 0.2) is 11.5 Å². The Hall–Kier alpha value is -2.35. The number of rotatable bonds is 11.